The largest absolute Gasteiger partial charge is 0.490 e. The Bertz CT molecular complexity index is 647. The van der Waals surface area contributed by atoms with Crippen molar-refractivity contribution in [2.45, 2.75) is 52.6 Å². The summed E-state index contributed by atoms with van der Waals surface area (Å²) in [4.78, 5) is 17.3. The predicted molar refractivity (Wildman–Crippen MR) is 112 cm³/mol. The highest BCUT2D eigenvalue weighted by molar-refractivity contribution is 5.94. The summed E-state index contributed by atoms with van der Waals surface area (Å²) in [5.74, 6) is 1.04. The number of likely N-dealkylation sites (tertiary alicyclic amines) is 2. The molecule has 5 nitrogen and oxygen atoms in total. The third kappa shape index (κ3) is 5.95. The van der Waals surface area contributed by atoms with Crippen LogP contribution in [-0.2, 0) is 0 Å². The molecule has 1 aromatic carbocycles. The van der Waals surface area contributed by atoms with Crippen molar-refractivity contribution in [3.8, 4) is 5.75 Å². The number of hydrogen-bond acceptors (Lipinski definition) is 4. The molecule has 0 spiro atoms. The summed E-state index contributed by atoms with van der Waals surface area (Å²) in [6, 6.07) is 7.60. The van der Waals surface area contributed by atoms with Crippen LogP contribution in [0.2, 0.25) is 0 Å². The zero-order valence-corrected chi connectivity index (χ0v) is 17.7. The van der Waals surface area contributed by atoms with E-state index in [1.807, 2.05) is 29.2 Å². The van der Waals surface area contributed by atoms with Gasteiger partial charge in [0.25, 0.3) is 5.91 Å². The maximum Gasteiger partial charge on any atom is 0.253 e. The zero-order valence-electron chi connectivity index (χ0n) is 17.7. The van der Waals surface area contributed by atoms with Gasteiger partial charge in [0.2, 0.25) is 0 Å². The molecule has 2 saturated heterocycles. The molecule has 156 valence electrons. The lowest BCUT2D eigenvalue weighted by molar-refractivity contribution is 0.0618. The van der Waals surface area contributed by atoms with Crippen molar-refractivity contribution in [1.82, 2.24) is 9.80 Å². The summed E-state index contributed by atoms with van der Waals surface area (Å²) in [6.07, 6.45) is 4.23. The smallest absolute Gasteiger partial charge is 0.253 e. The normalized spacial score (nSPS) is 22.3. The highest BCUT2D eigenvalue weighted by atomic mass is 16.5. The topological polar surface area (TPSA) is 53.0 Å². The van der Waals surface area contributed by atoms with Gasteiger partial charge in [-0.15, -0.1) is 0 Å². The van der Waals surface area contributed by atoms with E-state index in [0.29, 0.717) is 17.5 Å². The van der Waals surface area contributed by atoms with E-state index in [4.69, 9.17) is 4.74 Å². The SMILES string of the molecule is CC(C)(C)CN1CCC(Oc2cccc(C(=O)N3CCC[C@@H](CO)C3)c2)CC1. The highest BCUT2D eigenvalue weighted by Crippen LogP contribution is 2.24. The van der Waals surface area contributed by atoms with Crippen LogP contribution in [-0.4, -0.2) is 66.2 Å². The number of piperidine rings is 2. The molecule has 0 aliphatic carbocycles. The molecule has 0 bridgehead atoms. The molecule has 28 heavy (non-hydrogen) atoms. The van der Waals surface area contributed by atoms with Crippen molar-refractivity contribution in [2.75, 3.05) is 39.3 Å². The number of benzene rings is 1. The average molecular weight is 389 g/mol. The molecular weight excluding hydrogens is 352 g/mol. The van der Waals surface area contributed by atoms with Gasteiger partial charge >= 0.3 is 0 Å². The summed E-state index contributed by atoms with van der Waals surface area (Å²) in [7, 11) is 0. The molecule has 1 N–H and O–H groups in total. The Kier molecular flexibility index (Phi) is 7.00. The first-order valence-electron chi connectivity index (χ1n) is 10.7. The molecule has 0 saturated carbocycles. The quantitative estimate of drug-likeness (QED) is 0.840. The van der Waals surface area contributed by atoms with Crippen molar-refractivity contribution in [3.63, 3.8) is 0 Å². The minimum absolute atomic E-state index is 0.0450. The van der Waals surface area contributed by atoms with Crippen LogP contribution in [0.25, 0.3) is 0 Å². The number of hydrogen-bond donors (Lipinski definition) is 1. The van der Waals surface area contributed by atoms with Crippen molar-refractivity contribution in [2.24, 2.45) is 11.3 Å². The first-order chi connectivity index (χ1) is 13.3. The lowest BCUT2D eigenvalue weighted by Crippen LogP contribution is -2.42. The van der Waals surface area contributed by atoms with Gasteiger partial charge in [0.15, 0.2) is 0 Å². The highest BCUT2D eigenvalue weighted by Gasteiger charge is 2.26. The van der Waals surface area contributed by atoms with E-state index in [1.165, 1.54) is 0 Å². The van der Waals surface area contributed by atoms with Crippen molar-refractivity contribution in [3.05, 3.63) is 29.8 Å². The van der Waals surface area contributed by atoms with E-state index in [1.54, 1.807) is 0 Å². The Hall–Kier alpha value is -1.59. The van der Waals surface area contributed by atoms with Crippen molar-refractivity contribution in [1.29, 1.82) is 0 Å². The third-order valence-corrected chi connectivity index (χ3v) is 5.68. The molecule has 3 rings (SSSR count). The average Bonchev–Trinajstić information content (AvgIpc) is 2.68. The maximum atomic E-state index is 12.9. The van der Waals surface area contributed by atoms with Crippen LogP contribution in [0.15, 0.2) is 24.3 Å². The lowest BCUT2D eigenvalue weighted by atomic mass is 9.94. The van der Waals surface area contributed by atoms with E-state index in [9.17, 15) is 9.90 Å². The van der Waals surface area contributed by atoms with E-state index >= 15 is 0 Å². The number of rotatable bonds is 5. The summed E-state index contributed by atoms with van der Waals surface area (Å²) in [6.45, 7) is 11.7. The maximum absolute atomic E-state index is 12.9. The summed E-state index contributed by atoms with van der Waals surface area (Å²) in [5.41, 5.74) is 1.01. The molecule has 2 fully saturated rings. The van der Waals surface area contributed by atoms with Gasteiger partial charge in [0.05, 0.1) is 0 Å². The van der Waals surface area contributed by atoms with Crippen LogP contribution >= 0.6 is 0 Å². The Labute approximate surface area is 169 Å². The van der Waals surface area contributed by atoms with Gasteiger partial charge in [-0.05, 0) is 55.2 Å². The first-order valence-corrected chi connectivity index (χ1v) is 10.7. The number of nitrogens with zero attached hydrogens (tertiary/aromatic N) is 2. The number of aliphatic hydroxyl groups excluding tert-OH is 1. The van der Waals surface area contributed by atoms with E-state index < -0.39 is 0 Å². The molecule has 1 atom stereocenters. The van der Waals surface area contributed by atoms with E-state index in [0.717, 1.165) is 57.6 Å². The van der Waals surface area contributed by atoms with Crippen LogP contribution in [0.4, 0.5) is 0 Å². The minimum atomic E-state index is 0.0450. The summed E-state index contributed by atoms with van der Waals surface area (Å²) >= 11 is 0. The number of ether oxygens (including phenoxy) is 1. The van der Waals surface area contributed by atoms with Gasteiger partial charge in [-0.1, -0.05) is 26.8 Å². The zero-order chi connectivity index (χ0) is 20.1. The fourth-order valence-electron chi connectivity index (χ4n) is 4.33. The number of aliphatic hydroxyl groups is 1. The Morgan fingerprint density at radius 3 is 2.61 bits per heavy atom. The van der Waals surface area contributed by atoms with Gasteiger partial charge in [0.1, 0.15) is 11.9 Å². The molecule has 2 heterocycles. The molecule has 2 aliphatic heterocycles. The van der Waals surface area contributed by atoms with Crippen LogP contribution in [0, 0.1) is 11.3 Å². The lowest BCUT2D eigenvalue weighted by Gasteiger charge is -2.36. The fraction of sp³-hybridized carbons (Fsp3) is 0.696. The third-order valence-electron chi connectivity index (χ3n) is 5.68. The second-order valence-electron chi connectivity index (χ2n) is 9.62. The van der Waals surface area contributed by atoms with Crippen LogP contribution in [0.3, 0.4) is 0 Å². The van der Waals surface area contributed by atoms with Gasteiger partial charge in [-0.2, -0.15) is 0 Å². The number of amides is 1. The summed E-state index contributed by atoms with van der Waals surface area (Å²) < 4.78 is 6.22. The van der Waals surface area contributed by atoms with Gasteiger partial charge < -0.3 is 19.6 Å². The fourth-order valence-corrected chi connectivity index (χ4v) is 4.33. The Balaban J connectivity index is 1.55. The second-order valence-corrected chi connectivity index (χ2v) is 9.62. The van der Waals surface area contributed by atoms with E-state index in [-0.39, 0.29) is 24.5 Å². The predicted octanol–water partition coefficient (Wildman–Crippen LogP) is 3.42. The van der Waals surface area contributed by atoms with Crippen LogP contribution < -0.4 is 4.74 Å². The number of carbonyl (C=O) groups excluding carboxylic acids is 1. The number of carbonyl (C=O) groups is 1. The van der Waals surface area contributed by atoms with Gasteiger partial charge in [-0.3, -0.25) is 4.79 Å². The second kappa shape index (κ2) is 9.27. The Morgan fingerprint density at radius 1 is 1.18 bits per heavy atom. The molecule has 5 heteroatoms. The van der Waals surface area contributed by atoms with Crippen LogP contribution in [0.1, 0.15) is 56.8 Å². The molecule has 0 aromatic heterocycles. The standard InChI is InChI=1S/C23H36N2O3/c1-23(2,3)17-24-12-9-20(10-13-24)28-21-8-4-7-19(14-21)22(27)25-11-5-6-18(15-25)16-26/h4,7-8,14,18,20,26H,5-6,9-13,15-17H2,1-3H3/t18-/m1/s1. The summed E-state index contributed by atoms with van der Waals surface area (Å²) in [5, 5.41) is 9.41. The molecule has 0 unspecified atom stereocenters. The molecule has 1 amide bonds. The van der Waals surface area contributed by atoms with Gasteiger partial charge in [-0.25, -0.2) is 0 Å². The first kappa shape index (κ1) is 21.1. The monoisotopic (exact) mass is 388 g/mol. The minimum Gasteiger partial charge on any atom is -0.490 e. The van der Waals surface area contributed by atoms with E-state index in [2.05, 4.69) is 25.7 Å². The van der Waals surface area contributed by atoms with Crippen molar-refractivity contribution < 1.29 is 14.6 Å². The molecular formula is C23H36N2O3. The molecule has 0 radical (unpaired) electrons. The molecule has 1 aromatic rings. The van der Waals surface area contributed by atoms with Crippen LogP contribution in [0.5, 0.6) is 5.75 Å². The van der Waals surface area contributed by atoms with Crippen molar-refractivity contribution >= 4 is 5.91 Å². The Morgan fingerprint density at radius 2 is 1.93 bits per heavy atom. The molecule has 2 aliphatic rings. The van der Waals surface area contributed by atoms with Gasteiger partial charge in [0, 0.05) is 44.9 Å².